The molecule has 1 fully saturated rings. The lowest BCUT2D eigenvalue weighted by Gasteiger charge is -2.34. The Morgan fingerprint density at radius 1 is 1.24 bits per heavy atom. The minimum Gasteiger partial charge on any atom is -0.439 e. The highest BCUT2D eigenvalue weighted by atomic mass is 16.4. The van der Waals surface area contributed by atoms with Crippen molar-refractivity contribution in [3.8, 4) is 11.3 Å². The first-order valence-corrected chi connectivity index (χ1v) is 8.64. The van der Waals surface area contributed by atoms with Gasteiger partial charge in [-0.1, -0.05) is 29.8 Å². The van der Waals surface area contributed by atoms with Crippen molar-refractivity contribution in [3.05, 3.63) is 60.1 Å². The van der Waals surface area contributed by atoms with Crippen molar-refractivity contribution in [2.24, 2.45) is 7.05 Å². The topological polar surface area (TPSA) is 59.1 Å². The third-order valence-corrected chi connectivity index (χ3v) is 4.74. The van der Waals surface area contributed by atoms with Gasteiger partial charge >= 0.3 is 0 Å². The quantitative estimate of drug-likeness (QED) is 0.793. The first-order chi connectivity index (χ1) is 12.2. The number of aryl methyl sites for hydroxylation is 2. The summed E-state index contributed by atoms with van der Waals surface area (Å²) in [6.07, 6.45) is 5.66. The van der Waals surface area contributed by atoms with Crippen molar-refractivity contribution in [1.82, 2.24) is 24.8 Å². The van der Waals surface area contributed by atoms with Gasteiger partial charge in [-0.2, -0.15) is 0 Å². The number of aromatic nitrogens is 3. The third kappa shape index (κ3) is 3.36. The molecule has 1 aromatic carbocycles. The summed E-state index contributed by atoms with van der Waals surface area (Å²) in [6, 6.07) is 8.54. The van der Waals surface area contributed by atoms with Crippen LogP contribution in [0.2, 0.25) is 0 Å². The number of rotatable bonds is 4. The van der Waals surface area contributed by atoms with Gasteiger partial charge in [-0.3, -0.25) is 4.90 Å². The van der Waals surface area contributed by atoms with Crippen LogP contribution in [0.15, 0.2) is 47.3 Å². The molecule has 6 nitrogen and oxygen atoms in total. The largest absolute Gasteiger partial charge is 0.439 e. The molecule has 3 heterocycles. The van der Waals surface area contributed by atoms with Gasteiger partial charge in [0.25, 0.3) is 0 Å². The fraction of sp³-hybridized carbons (Fsp3) is 0.368. The lowest BCUT2D eigenvalue weighted by molar-refractivity contribution is 0.132. The van der Waals surface area contributed by atoms with Crippen LogP contribution in [-0.2, 0) is 13.6 Å². The van der Waals surface area contributed by atoms with Crippen LogP contribution < -0.4 is 5.32 Å². The van der Waals surface area contributed by atoms with Crippen LogP contribution in [0.25, 0.3) is 11.3 Å². The van der Waals surface area contributed by atoms with E-state index < -0.39 is 0 Å². The van der Waals surface area contributed by atoms with E-state index in [0.29, 0.717) is 6.54 Å². The van der Waals surface area contributed by atoms with E-state index in [2.05, 4.69) is 55.9 Å². The van der Waals surface area contributed by atoms with Crippen molar-refractivity contribution in [2.75, 3.05) is 19.6 Å². The summed E-state index contributed by atoms with van der Waals surface area (Å²) in [5, 5.41) is 3.46. The zero-order valence-electron chi connectivity index (χ0n) is 14.6. The highest BCUT2D eigenvalue weighted by Gasteiger charge is 2.27. The number of nitrogens with one attached hydrogen (secondary N) is 1. The minimum atomic E-state index is 0.225. The van der Waals surface area contributed by atoms with Gasteiger partial charge in [0, 0.05) is 44.6 Å². The Hall–Kier alpha value is -2.44. The van der Waals surface area contributed by atoms with Gasteiger partial charge < -0.3 is 14.3 Å². The summed E-state index contributed by atoms with van der Waals surface area (Å²) < 4.78 is 8.09. The van der Waals surface area contributed by atoms with Gasteiger partial charge in [0.2, 0.25) is 5.89 Å². The molecule has 1 unspecified atom stereocenters. The molecule has 0 aliphatic carbocycles. The first kappa shape index (κ1) is 16.1. The number of hydrogen-bond donors (Lipinski definition) is 1. The van der Waals surface area contributed by atoms with E-state index in [1.165, 1.54) is 5.56 Å². The zero-order valence-corrected chi connectivity index (χ0v) is 14.6. The molecular weight excluding hydrogens is 314 g/mol. The van der Waals surface area contributed by atoms with E-state index in [1.54, 1.807) is 0 Å². The molecule has 1 N–H and O–H groups in total. The molecular formula is C19H23N5O. The SMILES string of the molecule is Cc1ccc(-c2cnc(CN3CCNCC3c3nccn3C)o2)cc1. The van der Waals surface area contributed by atoms with E-state index in [-0.39, 0.29) is 6.04 Å². The predicted molar refractivity (Wildman–Crippen MR) is 95.9 cm³/mol. The first-order valence-electron chi connectivity index (χ1n) is 8.64. The van der Waals surface area contributed by atoms with Crippen LogP contribution in [-0.4, -0.2) is 39.1 Å². The fourth-order valence-electron chi connectivity index (χ4n) is 3.30. The normalized spacial score (nSPS) is 18.6. The lowest BCUT2D eigenvalue weighted by Crippen LogP contribution is -2.46. The van der Waals surface area contributed by atoms with Crippen molar-refractivity contribution >= 4 is 0 Å². The molecule has 0 radical (unpaired) electrons. The number of piperazine rings is 1. The molecule has 1 aliphatic rings. The molecule has 0 amide bonds. The van der Waals surface area contributed by atoms with Crippen LogP contribution >= 0.6 is 0 Å². The van der Waals surface area contributed by atoms with Gasteiger partial charge in [-0.25, -0.2) is 9.97 Å². The standard InChI is InChI=1S/C19H23N5O/c1-14-3-5-15(6-4-14)17-12-22-18(25-17)13-24-10-7-20-11-16(24)19-21-8-9-23(19)2/h3-6,8-9,12,16,20H,7,10-11,13H2,1-2H3. The van der Waals surface area contributed by atoms with Crippen molar-refractivity contribution < 1.29 is 4.42 Å². The fourth-order valence-corrected chi connectivity index (χ4v) is 3.30. The second kappa shape index (κ2) is 6.82. The van der Waals surface area contributed by atoms with Gasteiger partial charge in [0.05, 0.1) is 18.8 Å². The van der Waals surface area contributed by atoms with Crippen molar-refractivity contribution in [2.45, 2.75) is 19.5 Å². The third-order valence-electron chi connectivity index (χ3n) is 4.74. The Labute approximate surface area is 147 Å². The molecule has 0 spiro atoms. The maximum absolute atomic E-state index is 6.01. The number of hydrogen-bond acceptors (Lipinski definition) is 5. The van der Waals surface area contributed by atoms with Crippen LogP contribution in [0, 0.1) is 6.92 Å². The molecule has 2 aromatic heterocycles. The second-order valence-electron chi connectivity index (χ2n) is 6.57. The number of oxazole rings is 1. The molecule has 3 aromatic rings. The maximum Gasteiger partial charge on any atom is 0.209 e. The van der Waals surface area contributed by atoms with Crippen molar-refractivity contribution in [1.29, 1.82) is 0 Å². The molecule has 1 saturated heterocycles. The Bertz CT molecular complexity index is 836. The summed E-state index contributed by atoms with van der Waals surface area (Å²) in [4.78, 5) is 11.4. The lowest BCUT2D eigenvalue weighted by atomic mass is 10.1. The van der Waals surface area contributed by atoms with Gasteiger partial charge in [0.15, 0.2) is 5.76 Å². The van der Waals surface area contributed by atoms with Gasteiger partial charge in [-0.05, 0) is 6.92 Å². The molecule has 25 heavy (non-hydrogen) atoms. The number of benzene rings is 1. The number of imidazole rings is 1. The molecule has 0 bridgehead atoms. The Balaban J connectivity index is 1.52. The molecule has 1 atom stereocenters. The highest BCUT2D eigenvalue weighted by Crippen LogP contribution is 2.25. The van der Waals surface area contributed by atoms with E-state index in [4.69, 9.17) is 4.42 Å². The Kier molecular flexibility index (Phi) is 4.38. The molecule has 1 aliphatic heterocycles. The second-order valence-corrected chi connectivity index (χ2v) is 6.57. The van der Waals surface area contributed by atoms with Crippen LogP contribution in [0.5, 0.6) is 0 Å². The van der Waals surface area contributed by atoms with Crippen LogP contribution in [0.4, 0.5) is 0 Å². The Morgan fingerprint density at radius 2 is 2.08 bits per heavy atom. The summed E-state index contributed by atoms with van der Waals surface area (Å²) >= 11 is 0. The van der Waals surface area contributed by atoms with Crippen molar-refractivity contribution in [3.63, 3.8) is 0 Å². The Morgan fingerprint density at radius 3 is 2.84 bits per heavy atom. The number of nitrogens with zero attached hydrogens (tertiary/aromatic N) is 4. The molecule has 4 rings (SSSR count). The van der Waals surface area contributed by atoms with Gasteiger partial charge in [-0.15, -0.1) is 0 Å². The molecule has 6 heteroatoms. The molecule has 130 valence electrons. The summed E-state index contributed by atoms with van der Waals surface area (Å²) in [5.74, 6) is 2.63. The van der Waals surface area contributed by atoms with E-state index in [0.717, 1.165) is 42.7 Å². The molecule has 0 saturated carbocycles. The van der Waals surface area contributed by atoms with Gasteiger partial charge in [0.1, 0.15) is 5.82 Å². The monoisotopic (exact) mass is 337 g/mol. The minimum absolute atomic E-state index is 0.225. The summed E-state index contributed by atoms with van der Waals surface area (Å²) in [5.41, 5.74) is 2.30. The zero-order chi connectivity index (χ0) is 17.2. The smallest absolute Gasteiger partial charge is 0.209 e. The highest BCUT2D eigenvalue weighted by molar-refractivity contribution is 5.56. The predicted octanol–water partition coefficient (Wildman–Crippen LogP) is 2.53. The van der Waals surface area contributed by atoms with E-state index in [9.17, 15) is 0 Å². The summed E-state index contributed by atoms with van der Waals surface area (Å²) in [6.45, 7) is 5.56. The van der Waals surface area contributed by atoms with Crippen LogP contribution in [0.1, 0.15) is 23.3 Å². The van der Waals surface area contributed by atoms with E-state index >= 15 is 0 Å². The average molecular weight is 337 g/mol. The maximum atomic E-state index is 6.01. The van der Waals surface area contributed by atoms with Crippen LogP contribution in [0.3, 0.4) is 0 Å². The van der Waals surface area contributed by atoms with E-state index in [1.807, 2.05) is 25.6 Å². The average Bonchev–Trinajstić information content (AvgIpc) is 3.25. The summed E-state index contributed by atoms with van der Waals surface area (Å²) in [7, 11) is 2.04.